The van der Waals surface area contributed by atoms with Gasteiger partial charge in [-0.05, 0) is 22.4 Å². The van der Waals surface area contributed by atoms with Crippen LogP contribution in [0, 0.1) is 0 Å². The van der Waals surface area contributed by atoms with E-state index < -0.39 is 0 Å². The molecule has 1 nitrogen and oxygen atoms in total. The molecule has 0 aromatic carbocycles. The Morgan fingerprint density at radius 1 is 1.78 bits per heavy atom. The molecule has 0 bridgehead atoms. The van der Waals surface area contributed by atoms with Gasteiger partial charge in [0, 0.05) is 6.42 Å². The van der Waals surface area contributed by atoms with Crippen molar-refractivity contribution < 1.29 is 4.74 Å². The first-order valence-corrected chi connectivity index (χ1v) is 4.02. The molecule has 1 aromatic rings. The van der Waals surface area contributed by atoms with Gasteiger partial charge >= 0.3 is 0 Å². The van der Waals surface area contributed by atoms with E-state index in [0.717, 1.165) is 13.0 Å². The second kappa shape index (κ2) is 2.12. The lowest BCUT2D eigenvalue weighted by Crippen LogP contribution is -1.88. The molecule has 9 heavy (non-hydrogen) atoms. The van der Waals surface area contributed by atoms with Crippen molar-refractivity contribution in [3.05, 3.63) is 22.4 Å². The maximum atomic E-state index is 5.09. The monoisotopic (exact) mass is 140 g/mol. The Kier molecular flexibility index (Phi) is 1.28. The van der Waals surface area contributed by atoms with Crippen molar-refractivity contribution >= 4 is 11.3 Å². The molecule has 0 amide bonds. The molecule has 2 heteroatoms. The van der Waals surface area contributed by atoms with E-state index in [4.69, 9.17) is 4.74 Å². The lowest BCUT2D eigenvalue weighted by Gasteiger charge is -1.86. The molecule has 1 atom stereocenters. The highest BCUT2D eigenvalue weighted by Crippen LogP contribution is 2.17. The van der Waals surface area contributed by atoms with E-state index in [9.17, 15) is 0 Å². The third kappa shape index (κ3) is 1.32. The Bertz CT molecular complexity index is 177. The molecule has 0 aliphatic carbocycles. The zero-order valence-corrected chi connectivity index (χ0v) is 5.86. The second-order valence-electron chi connectivity index (χ2n) is 2.29. The summed E-state index contributed by atoms with van der Waals surface area (Å²) >= 11 is 1.75. The summed E-state index contributed by atoms with van der Waals surface area (Å²) in [7, 11) is 0. The molecule has 1 aliphatic heterocycles. The SMILES string of the molecule is c1cc(CC2CO2)cs1. The van der Waals surface area contributed by atoms with Crippen LogP contribution in [0.15, 0.2) is 16.8 Å². The third-order valence-electron chi connectivity index (χ3n) is 1.45. The lowest BCUT2D eigenvalue weighted by atomic mass is 10.2. The number of hydrogen-bond donors (Lipinski definition) is 0. The van der Waals surface area contributed by atoms with Gasteiger partial charge in [0.2, 0.25) is 0 Å². The Labute approximate surface area is 58.3 Å². The summed E-state index contributed by atoms with van der Waals surface area (Å²) in [5.41, 5.74) is 1.42. The molecule has 1 saturated heterocycles. The van der Waals surface area contributed by atoms with Crippen LogP contribution in [0.25, 0.3) is 0 Å². The smallest absolute Gasteiger partial charge is 0.0850 e. The normalized spacial score (nSPS) is 24.2. The van der Waals surface area contributed by atoms with Gasteiger partial charge in [-0.25, -0.2) is 0 Å². The fourth-order valence-electron chi connectivity index (χ4n) is 0.858. The minimum atomic E-state index is 0.541. The molecule has 0 spiro atoms. The summed E-state index contributed by atoms with van der Waals surface area (Å²) in [6.45, 7) is 0.968. The largest absolute Gasteiger partial charge is 0.373 e. The average Bonchev–Trinajstić information content (AvgIpc) is 2.46. The Morgan fingerprint density at radius 2 is 2.67 bits per heavy atom. The van der Waals surface area contributed by atoms with Crippen LogP contribution in [-0.4, -0.2) is 12.7 Å². The molecule has 1 unspecified atom stereocenters. The molecule has 2 heterocycles. The average molecular weight is 140 g/mol. The van der Waals surface area contributed by atoms with E-state index in [1.54, 1.807) is 11.3 Å². The van der Waals surface area contributed by atoms with Crippen LogP contribution in [0.1, 0.15) is 5.56 Å². The first-order valence-electron chi connectivity index (χ1n) is 3.08. The van der Waals surface area contributed by atoms with Crippen LogP contribution in [0.5, 0.6) is 0 Å². The minimum absolute atomic E-state index is 0.541. The van der Waals surface area contributed by atoms with Crippen molar-refractivity contribution in [2.45, 2.75) is 12.5 Å². The Balaban J connectivity index is 1.99. The van der Waals surface area contributed by atoms with Gasteiger partial charge in [0.1, 0.15) is 0 Å². The lowest BCUT2D eigenvalue weighted by molar-refractivity contribution is 0.408. The molecular formula is C7H8OS. The van der Waals surface area contributed by atoms with E-state index in [0.29, 0.717) is 6.10 Å². The van der Waals surface area contributed by atoms with Crippen LogP contribution in [0.3, 0.4) is 0 Å². The van der Waals surface area contributed by atoms with E-state index in [1.165, 1.54) is 5.56 Å². The summed E-state index contributed by atoms with van der Waals surface area (Å²) in [5.74, 6) is 0. The van der Waals surface area contributed by atoms with E-state index >= 15 is 0 Å². The Hall–Kier alpha value is -0.340. The van der Waals surface area contributed by atoms with E-state index in [2.05, 4.69) is 16.8 Å². The highest BCUT2D eigenvalue weighted by atomic mass is 32.1. The predicted molar refractivity (Wildman–Crippen MR) is 37.8 cm³/mol. The fourth-order valence-corrected chi connectivity index (χ4v) is 1.54. The molecule has 48 valence electrons. The van der Waals surface area contributed by atoms with E-state index in [1.807, 2.05) is 0 Å². The van der Waals surface area contributed by atoms with Crippen molar-refractivity contribution in [2.24, 2.45) is 0 Å². The maximum Gasteiger partial charge on any atom is 0.0850 e. The fraction of sp³-hybridized carbons (Fsp3) is 0.429. The highest BCUT2D eigenvalue weighted by molar-refractivity contribution is 7.07. The first-order chi connectivity index (χ1) is 4.45. The van der Waals surface area contributed by atoms with Crippen LogP contribution in [0.2, 0.25) is 0 Å². The summed E-state index contributed by atoms with van der Waals surface area (Å²) in [6.07, 6.45) is 1.66. The van der Waals surface area contributed by atoms with Gasteiger partial charge < -0.3 is 4.74 Å². The predicted octanol–water partition coefficient (Wildman–Crippen LogP) is 1.69. The topological polar surface area (TPSA) is 12.5 Å². The van der Waals surface area contributed by atoms with E-state index in [-0.39, 0.29) is 0 Å². The van der Waals surface area contributed by atoms with Crippen LogP contribution in [0.4, 0.5) is 0 Å². The van der Waals surface area contributed by atoms with Gasteiger partial charge in [-0.2, -0.15) is 11.3 Å². The molecule has 0 N–H and O–H groups in total. The number of ether oxygens (including phenoxy) is 1. The van der Waals surface area contributed by atoms with Crippen molar-refractivity contribution in [3.63, 3.8) is 0 Å². The quantitative estimate of drug-likeness (QED) is 0.569. The Morgan fingerprint density at radius 3 is 3.22 bits per heavy atom. The third-order valence-corrected chi connectivity index (χ3v) is 2.18. The van der Waals surface area contributed by atoms with Crippen LogP contribution in [-0.2, 0) is 11.2 Å². The molecule has 1 aromatic heterocycles. The molecule has 1 aliphatic rings. The summed E-state index contributed by atoms with van der Waals surface area (Å²) < 4.78 is 5.09. The van der Waals surface area contributed by atoms with Gasteiger partial charge in [0.15, 0.2) is 0 Å². The highest BCUT2D eigenvalue weighted by Gasteiger charge is 2.22. The van der Waals surface area contributed by atoms with Gasteiger partial charge in [0.05, 0.1) is 12.7 Å². The minimum Gasteiger partial charge on any atom is -0.373 e. The molecule has 0 saturated carbocycles. The first kappa shape index (κ1) is 5.45. The van der Waals surface area contributed by atoms with Crippen molar-refractivity contribution in [2.75, 3.05) is 6.61 Å². The molecule has 0 radical (unpaired) electrons. The summed E-state index contributed by atoms with van der Waals surface area (Å²) in [4.78, 5) is 0. The summed E-state index contributed by atoms with van der Waals surface area (Å²) in [5, 5.41) is 4.29. The van der Waals surface area contributed by atoms with Gasteiger partial charge in [-0.15, -0.1) is 0 Å². The second-order valence-corrected chi connectivity index (χ2v) is 3.07. The van der Waals surface area contributed by atoms with Crippen molar-refractivity contribution in [3.8, 4) is 0 Å². The number of rotatable bonds is 2. The van der Waals surface area contributed by atoms with Crippen molar-refractivity contribution in [1.29, 1.82) is 0 Å². The molecule has 2 rings (SSSR count). The molecule has 1 fully saturated rings. The summed E-state index contributed by atoms with van der Waals surface area (Å²) in [6, 6.07) is 2.16. The van der Waals surface area contributed by atoms with Crippen LogP contribution < -0.4 is 0 Å². The van der Waals surface area contributed by atoms with Gasteiger partial charge in [0.25, 0.3) is 0 Å². The molecular weight excluding hydrogens is 132 g/mol. The van der Waals surface area contributed by atoms with Crippen LogP contribution >= 0.6 is 11.3 Å². The van der Waals surface area contributed by atoms with Crippen molar-refractivity contribution in [1.82, 2.24) is 0 Å². The zero-order chi connectivity index (χ0) is 6.10. The van der Waals surface area contributed by atoms with Gasteiger partial charge in [-0.3, -0.25) is 0 Å². The number of epoxide rings is 1. The number of hydrogen-bond acceptors (Lipinski definition) is 2. The standard InChI is InChI=1S/C7H8OS/c1-2-9-5-6(1)3-7-4-8-7/h1-2,5,7H,3-4H2. The zero-order valence-electron chi connectivity index (χ0n) is 5.04. The van der Waals surface area contributed by atoms with Gasteiger partial charge in [-0.1, -0.05) is 0 Å². The number of thiophene rings is 1. The maximum absolute atomic E-state index is 5.09.